The first-order chi connectivity index (χ1) is 13.9. The third-order valence-electron chi connectivity index (χ3n) is 4.71. The van der Waals surface area contributed by atoms with Gasteiger partial charge in [-0.25, -0.2) is 0 Å². The lowest BCUT2D eigenvalue weighted by molar-refractivity contribution is -0.127. The topological polar surface area (TPSA) is 57.0 Å². The molecule has 2 amide bonds. The summed E-state index contributed by atoms with van der Waals surface area (Å²) in [6.45, 7) is 7.79. The fraction of sp³-hybridized carbons (Fsp3) is 0.286. The average molecular weight is 432 g/mol. The van der Waals surface area contributed by atoms with Crippen molar-refractivity contribution in [2.45, 2.75) is 20.8 Å². The van der Waals surface area contributed by atoms with E-state index in [2.05, 4.69) is 0 Å². The molecule has 29 heavy (non-hydrogen) atoms. The number of carbonyl (C=O) groups is 2. The molecule has 0 atom stereocenters. The van der Waals surface area contributed by atoms with Crippen LogP contribution in [0, 0.1) is 0 Å². The molecule has 1 aromatic heterocycles. The van der Waals surface area contributed by atoms with Crippen molar-refractivity contribution in [3.8, 4) is 0 Å². The van der Waals surface area contributed by atoms with Crippen LogP contribution in [0.15, 0.2) is 46.4 Å². The van der Waals surface area contributed by atoms with Crippen LogP contribution in [0.4, 0.5) is 11.6 Å². The maximum absolute atomic E-state index is 13.2. The van der Waals surface area contributed by atoms with Gasteiger partial charge in [0.05, 0.1) is 5.69 Å². The largest absolute Gasteiger partial charge is 0.441 e. The summed E-state index contributed by atoms with van der Waals surface area (Å²) in [6, 6.07) is 10.3. The summed E-state index contributed by atoms with van der Waals surface area (Å²) >= 11 is 11.4. The highest BCUT2D eigenvalue weighted by Crippen LogP contribution is 2.28. The van der Waals surface area contributed by atoms with Crippen molar-refractivity contribution in [2.24, 2.45) is 0 Å². The maximum Gasteiger partial charge on any atom is 0.270 e. The van der Waals surface area contributed by atoms with E-state index in [9.17, 15) is 9.59 Å². The molecule has 0 radical (unpaired) electrons. The molecule has 3 rings (SSSR count). The number of thiocarbonyl (C=S) groups is 1. The molecule has 0 N–H and O–H groups in total. The zero-order chi connectivity index (χ0) is 21.1. The molecule has 0 saturated carbocycles. The Hall–Kier alpha value is -2.64. The minimum absolute atomic E-state index is 0.00385. The van der Waals surface area contributed by atoms with E-state index in [1.54, 1.807) is 30.3 Å². The molecule has 1 aliphatic rings. The van der Waals surface area contributed by atoms with E-state index >= 15 is 0 Å². The summed E-state index contributed by atoms with van der Waals surface area (Å²) in [5, 5.41) is 0.688. The molecule has 1 saturated heterocycles. The summed E-state index contributed by atoms with van der Waals surface area (Å²) in [5.41, 5.74) is 0.542. The average Bonchev–Trinajstić information content (AvgIpc) is 3.16. The van der Waals surface area contributed by atoms with Gasteiger partial charge in [-0.3, -0.25) is 19.4 Å². The van der Waals surface area contributed by atoms with E-state index in [-0.39, 0.29) is 10.7 Å². The van der Waals surface area contributed by atoms with E-state index in [0.29, 0.717) is 28.9 Å². The van der Waals surface area contributed by atoms with Crippen LogP contribution >= 0.6 is 23.8 Å². The molecule has 0 aliphatic carbocycles. The smallest absolute Gasteiger partial charge is 0.270 e. The van der Waals surface area contributed by atoms with Gasteiger partial charge in [0.15, 0.2) is 11.0 Å². The van der Waals surface area contributed by atoms with Gasteiger partial charge in [-0.2, -0.15) is 0 Å². The first kappa shape index (κ1) is 21.1. The predicted molar refractivity (Wildman–Crippen MR) is 119 cm³/mol. The minimum Gasteiger partial charge on any atom is -0.441 e. The monoisotopic (exact) mass is 431 g/mol. The molecule has 1 aliphatic heterocycles. The molecule has 0 unspecified atom stereocenters. The lowest BCUT2D eigenvalue weighted by Crippen LogP contribution is -2.56. The molecule has 6 nitrogen and oxygen atoms in total. The first-order valence-electron chi connectivity index (χ1n) is 9.43. The number of rotatable bonds is 6. The van der Waals surface area contributed by atoms with Gasteiger partial charge in [0.25, 0.3) is 11.8 Å². The molecule has 0 bridgehead atoms. The molecule has 2 heterocycles. The Morgan fingerprint density at radius 3 is 2.28 bits per heavy atom. The van der Waals surface area contributed by atoms with Gasteiger partial charge in [-0.15, -0.1) is 0 Å². The molecular formula is C21H22ClN3O3S. The van der Waals surface area contributed by atoms with Crippen LogP contribution in [0.5, 0.6) is 0 Å². The fourth-order valence-corrected chi connectivity index (χ4v) is 3.67. The van der Waals surface area contributed by atoms with Crippen LogP contribution in [-0.4, -0.2) is 41.5 Å². The fourth-order valence-electron chi connectivity index (χ4n) is 3.14. The second-order valence-corrected chi connectivity index (χ2v) is 7.16. The van der Waals surface area contributed by atoms with E-state index < -0.39 is 11.8 Å². The number of amides is 2. The number of anilines is 2. The van der Waals surface area contributed by atoms with E-state index in [1.807, 2.05) is 31.7 Å². The van der Waals surface area contributed by atoms with Gasteiger partial charge in [0, 0.05) is 30.7 Å². The molecule has 1 fully saturated rings. The van der Waals surface area contributed by atoms with Crippen molar-refractivity contribution in [1.82, 2.24) is 4.90 Å². The van der Waals surface area contributed by atoms with Crippen LogP contribution in [0.1, 0.15) is 26.5 Å². The molecule has 2 aromatic rings. The van der Waals surface area contributed by atoms with Crippen LogP contribution in [0.2, 0.25) is 5.02 Å². The highest BCUT2D eigenvalue weighted by Gasteiger charge is 2.39. The Morgan fingerprint density at radius 1 is 1.03 bits per heavy atom. The summed E-state index contributed by atoms with van der Waals surface area (Å²) in [5.74, 6) is 0.194. The number of nitrogens with zero attached hydrogens (tertiary/aromatic N) is 3. The molecule has 0 spiro atoms. The van der Waals surface area contributed by atoms with Crippen molar-refractivity contribution in [3.63, 3.8) is 0 Å². The van der Waals surface area contributed by atoms with Gasteiger partial charge in [0.2, 0.25) is 0 Å². The van der Waals surface area contributed by atoms with Gasteiger partial charge in [-0.05, 0) is 69.4 Å². The van der Waals surface area contributed by atoms with E-state index in [0.717, 1.165) is 13.1 Å². The predicted octanol–water partition coefficient (Wildman–Crippen LogP) is 4.34. The van der Waals surface area contributed by atoms with Gasteiger partial charge in [0.1, 0.15) is 11.3 Å². The number of benzene rings is 1. The Kier molecular flexibility index (Phi) is 6.39. The van der Waals surface area contributed by atoms with Gasteiger partial charge < -0.3 is 9.32 Å². The SMILES string of the molecule is CCN1C(=O)/C(=C/c2ccc(N(CC)CC)o2)C(=O)N(c2ccc(Cl)cc2)C1=S. The van der Waals surface area contributed by atoms with Crippen molar-refractivity contribution >= 4 is 58.4 Å². The first-order valence-corrected chi connectivity index (χ1v) is 10.2. The van der Waals surface area contributed by atoms with Crippen LogP contribution < -0.4 is 9.80 Å². The van der Waals surface area contributed by atoms with Crippen molar-refractivity contribution in [2.75, 3.05) is 29.4 Å². The second kappa shape index (κ2) is 8.80. The highest BCUT2D eigenvalue weighted by atomic mass is 35.5. The molecule has 8 heteroatoms. The number of likely N-dealkylation sites (N-methyl/N-ethyl adjacent to an activating group) is 1. The van der Waals surface area contributed by atoms with Crippen molar-refractivity contribution < 1.29 is 14.0 Å². The Balaban J connectivity index is 2.01. The molecule has 152 valence electrons. The van der Waals surface area contributed by atoms with Crippen LogP contribution in [0.3, 0.4) is 0 Å². The maximum atomic E-state index is 13.2. The van der Waals surface area contributed by atoms with Gasteiger partial charge >= 0.3 is 0 Å². The number of hydrogen-bond donors (Lipinski definition) is 0. The summed E-state index contributed by atoms with van der Waals surface area (Å²) in [6.07, 6.45) is 1.48. The van der Waals surface area contributed by atoms with Crippen molar-refractivity contribution in [3.05, 3.63) is 52.8 Å². The molecule has 1 aromatic carbocycles. The summed E-state index contributed by atoms with van der Waals surface area (Å²) < 4.78 is 5.84. The zero-order valence-corrected chi connectivity index (χ0v) is 18.1. The van der Waals surface area contributed by atoms with Crippen LogP contribution in [0.25, 0.3) is 6.08 Å². The standard InChI is InChI=1S/C21H22ClN3O3S/c1-4-23(5-2)18-12-11-16(28-18)13-17-19(26)24(6-3)21(29)25(20(17)27)15-9-7-14(22)8-10-15/h7-13H,4-6H2,1-3H3/b17-13-. The summed E-state index contributed by atoms with van der Waals surface area (Å²) in [7, 11) is 0. The normalized spacial score (nSPS) is 16.1. The Morgan fingerprint density at radius 2 is 1.69 bits per heavy atom. The van der Waals surface area contributed by atoms with E-state index in [4.69, 9.17) is 28.2 Å². The number of halogens is 1. The highest BCUT2D eigenvalue weighted by molar-refractivity contribution is 7.80. The number of carbonyl (C=O) groups excluding carboxylic acids is 2. The summed E-state index contributed by atoms with van der Waals surface area (Å²) in [4.78, 5) is 30.9. The number of furan rings is 1. The number of hydrogen-bond acceptors (Lipinski definition) is 5. The lowest BCUT2D eigenvalue weighted by Gasteiger charge is -2.35. The molecular weight excluding hydrogens is 410 g/mol. The zero-order valence-electron chi connectivity index (χ0n) is 16.5. The Labute approximate surface area is 180 Å². The van der Waals surface area contributed by atoms with E-state index in [1.165, 1.54) is 15.9 Å². The van der Waals surface area contributed by atoms with Crippen LogP contribution in [-0.2, 0) is 9.59 Å². The van der Waals surface area contributed by atoms with Gasteiger partial charge in [-0.1, -0.05) is 11.6 Å². The quantitative estimate of drug-likeness (QED) is 0.387. The third kappa shape index (κ3) is 4.06. The Bertz CT molecular complexity index is 964. The minimum atomic E-state index is -0.493. The third-order valence-corrected chi connectivity index (χ3v) is 5.36. The lowest BCUT2D eigenvalue weighted by atomic mass is 10.1. The van der Waals surface area contributed by atoms with Crippen molar-refractivity contribution in [1.29, 1.82) is 0 Å². The second-order valence-electron chi connectivity index (χ2n) is 6.36.